The Kier molecular flexibility index (Phi) is 2.94. The van der Waals surface area contributed by atoms with Crippen LogP contribution in [0, 0.1) is 12.8 Å². The van der Waals surface area contributed by atoms with Crippen molar-refractivity contribution in [3.63, 3.8) is 0 Å². The standard InChI is InChI=1S/C12H19N3O2S/c1-9-12(8-13-14-9)18(16,17)15-7-6-10-4-2-3-5-11(10)15/h8,10-11H,2-7H2,1H3,(H,13,14). The van der Waals surface area contributed by atoms with Crippen LogP contribution < -0.4 is 0 Å². The van der Waals surface area contributed by atoms with E-state index >= 15 is 0 Å². The van der Waals surface area contributed by atoms with Crippen LogP contribution in [0.25, 0.3) is 0 Å². The van der Waals surface area contributed by atoms with Crippen molar-refractivity contribution in [2.24, 2.45) is 5.92 Å². The predicted molar refractivity (Wildman–Crippen MR) is 67.6 cm³/mol. The molecular weight excluding hydrogens is 250 g/mol. The zero-order valence-corrected chi connectivity index (χ0v) is 11.4. The summed E-state index contributed by atoms with van der Waals surface area (Å²) in [7, 11) is -3.36. The van der Waals surface area contributed by atoms with E-state index < -0.39 is 10.0 Å². The zero-order valence-electron chi connectivity index (χ0n) is 10.6. The second-order valence-corrected chi connectivity index (χ2v) is 7.23. The van der Waals surface area contributed by atoms with Gasteiger partial charge in [0.1, 0.15) is 4.90 Å². The van der Waals surface area contributed by atoms with Crippen molar-refractivity contribution in [1.29, 1.82) is 0 Å². The number of aromatic nitrogens is 2. The maximum atomic E-state index is 12.6. The Labute approximate surface area is 108 Å². The largest absolute Gasteiger partial charge is 0.281 e. The molecule has 0 aromatic carbocycles. The summed E-state index contributed by atoms with van der Waals surface area (Å²) < 4.78 is 27.0. The second-order valence-electron chi connectivity index (χ2n) is 5.38. The van der Waals surface area contributed by atoms with Crippen LogP contribution in [0.5, 0.6) is 0 Å². The number of sulfonamides is 1. The van der Waals surface area contributed by atoms with Crippen molar-refractivity contribution < 1.29 is 8.42 Å². The van der Waals surface area contributed by atoms with Gasteiger partial charge >= 0.3 is 0 Å². The topological polar surface area (TPSA) is 66.1 Å². The summed E-state index contributed by atoms with van der Waals surface area (Å²) in [5, 5.41) is 6.55. The van der Waals surface area contributed by atoms with Crippen molar-refractivity contribution in [2.75, 3.05) is 6.54 Å². The van der Waals surface area contributed by atoms with Gasteiger partial charge in [0.05, 0.1) is 11.9 Å². The summed E-state index contributed by atoms with van der Waals surface area (Å²) in [4.78, 5) is 0.341. The highest BCUT2D eigenvalue weighted by molar-refractivity contribution is 7.89. The lowest BCUT2D eigenvalue weighted by atomic mass is 9.86. The van der Waals surface area contributed by atoms with Gasteiger partial charge in [-0.3, -0.25) is 5.10 Å². The number of fused-ring (bicyclic) bond motifs is 1. The Hall–Kier alpha value is -0.880. The molecule has 0 amide bonds. The first-order valence-electron chi connectivity index (χ1n) is 6.62. The van der Waals surface area contributed by atoms with E-state index in [0.717, 1.165) is 19.3 Å². The van der Waals surface area contributed by atoms with Crippen LogP contribution in [0.3, 0.4) is 0 Å². The van der Waals surface area contributed by atoms with Gasteiger partial charge in [-0.15, -0.1) is 0 Å². The number of aryl methyl sites for hydroxylation is 1. The van der Waals surface area contributed by atoms with Crippen molar-refractivity contribution in [1.82, 2.24) is 14.5 Å². The summed E-state index contributed by atoms with van der Waals surface area (Å²) in [5.74, 6) is 0.570. The van der Waals surface area contributed by atoms with Crippen LogP contribution in [-0.2, 0) is 10.0 Å². The fourth-order valence-electron chi connectivity index (χ4n) is 3.39. The lowest BCUT2D eigenvalue weighted by Gasteiger charge is -2.30. The van der Waals surface area contributed by atoms with Crippen molar-refractivity contribution >= 4 is 10.0 Å². The lowest BCUT2D eigenvalue weighted by molar-refractivity contribution is 0.260. The Morgan fingerprint density at radius 1 is 1.33 bits per heavy atom. The minimum Gasteiger partial charge on any atom is -0.281 e. The summed E-state index contributed by atoms with van der Waals surface area (Å²) in [6, 6.07) is 0.220. The van der Waals surface area contributed by atoms with E-state index in [9.17, 15) is 8.42 Å². The van der Waals surface area contributed by atoms with E-state index in [2.05, 4.69) is 10.2 Å². The molecule has 0 radical (unpaired) electrons. The average Bonchev–Trinajstić information content (AvgIpc) is 2.95. The number of hydrogen-bond donors (Lipinski definition) is 1. The SMILES string of the molecule is Cc1[nH]ncc1S(=O)(=O)N1CCC2CCCCC21. The smallest absolute Gasteiger partial charge is 0.246 e. The molecule has 18 heavy (non-hydrogen) atoms. The second kappa shape index (κ2) is 4.35. The van der Waals surface area contributed by atoms with Gasteiger partial charge < -0.3 is 0 Å². The summed E-state index contributed by atoms with van der Waals surface area (Å²) in [6.07, 6.45) is 7.04. The molecule has 1 aliphatic carbocycles. The minimum atomic E-state index is -3.36. The molecule has 1 aromatic rings. The average molecular weight is 269 g/mol. The lowest BCUT2D eigenvalue weighted by Crippen LogP contribution is -2.39. The summed E-state index contributed by atoms with van der Waals surface area (Å²) in [6.45, 7) is 2.43. The molecule has 5 nitrogen and oxygen atoms in total. The maximum absolute atomic E-state index is 12.6. The monoisotopic (exact) mass is 269 g/mol. The van der Waals surface area contributed by atoms with Gasteiger partial charge in [0.25, 0.3) is 0 Å². The van der Waals surface area contributed by atoms with Gasteiger partial charge in [-0.2, -0.15) is 9.40 Å². The van der Waals surface area contributed by atoms with E-state index in [0.29, 0.717) is 23.1 Å². The highest BCUT2D eigenvalue weighted by Crippen LogP contribution is 2.39. The molecule has 2 unspecified atom stereocenters. The summed E-state index contributed by atoms with van der Waals surface area (Å²) in [5.41, 5.74) is 0.634. The van der Waals surface area contributed by atoms with Crippen molar-refractivity contribution in [3.8, 4) is 0 Å². The fraction of sp³-hybridized carbons (Fsp3) is 0.750. The van der Waals surface area contributed by atoms with E-state index in [1.807, 2.05) is 0 Å². The fourth-order valence-corrected chi connectivity index (χ4v) is 5.24. The highest BCUT2D eigenvalue weighted by atomic mass is 32.2. The third kappa shape index (κ3) is 1.78. The molecule has 0 bridgehead atoms. The molecular formula is C12H19N3O2S. The van der Waals surface area contributed by atoms with Gasteiger partial charge in [-0.1, -0.05) is 12.8 Å². The number of nitrogens with one attached hydrogen (secondary N) is 1. The van der Waals surface area contributed by atoms with Crippen molar-refractivity contribution in [2.45, 2.75) is 50.0 Å². The number of aromatic amines is 1. The Balaban J connectivity index is 1.93. The molecule has 2 atom stereocenters. The number of hydrogen-bond acceptors (Lipinski definition) is 3. The van der Waals surface area contributed by atoms with Gasteiger partial charge in [0.15, 0.2) is 0 Å². The molecule has 3 rings (SSSR count). The molecule has 1 aliphatic heterocycles. The van der Waals surface area contributed by atoms with Gasteiger partial charge in [-0.25, -0.2) is 8.42 Å². The van der Waals surface area contributed by atoms with Crippen LogP contribution in [0.2, 0.25) is 0 Å². The molecule has 0 spiro atoms. The van der Waals surface area contributed by atoms with Gasteiger partial charge in [0, 0.05) is 12.6 Å². The first-order chi connectivity index (χ1) is 8.60. The van der Waals surface area contributed by atoms with Crippen LogP contribution >= 0.6 is 0 Å². The first-order valence-corrected chi connectivity index (χ1v) is 8.06. The van der Waals surface area contributed by atoms with Gasteiger partial charge in [0.2, 0.25) is 10.0 Å². The van der Waals surface area contributed by atoms with Crippen molar-refractivity contribution in [3.05, 3.63) is 11.9 Å². The molecule has 6 heteroatoms. The number of nitrogens with zero attached hydrogens (tertiary/aromatic N) is 2. The van der Waals surface area contributed by atoms with Crippen LogP contribution in [-0.4, -0.2) is 35.5 Å². The third-order valence-corrected chi connectivity index (χ3v) is 6.37. The van der Waals surface area contributed by atoms with E-state index in [1.165, 1.54) is 19.0 Å². The van der Waals surface area contributed by atoms with Crippen LogP contribution in [0.15, 0.2) is 11.1 Å². The third-order valence-electron chi connectivity index (χ3n) is 4.33. The predicted octanol–water partition coefficient (Wildman–Crippen LogP) is 1.67. The number of rotatable bonds is 2. The molecule has 2 aliphatic rings. The molecule has 1 saturated heterocycles. The molecule has 2 fully saturated rings. The summed E-state index contributed by atoms with van der Waals surface area (Å²) >= 11 is 0. The van der Waals surface area contributed by atoms with E-state index in [4.69, 9.17) is 0 Å². The van der Waals surface area contributed by atoms with E-state index in [-0.39, 0.29) is 6.04 Å². The molecule has 100 valence electrons. The van der Waals surface area contributed by atoms with Crippen LogP contribution in [0.1, 0.15) is 37.8 Å². The minimum absolute atomic E-state index is 0.220. The Morgan fingerprint density at radius 3 is 2.83 bits per heavy atom. The maximum Gasteiger partial charge on any atom is 0.246 e. The highest BCUT2D eigenvalue weighted by Gasteiger charge is 2.42. The first kappa shape index (κ1) is 12.2. The molecule has 1 saturated carbocycles. The molecule has 1 aromatic heterocycles. The Bertz CT molecular complexity index is 537. The van der Waals surface area contributed by atoms with Crippen LogP contribution in [0.4, 0.5) is 0 Å². The normalized spacial score (nSPS) is 29.4. The van der Waals surface area contributed by atoms with E-state index in [1.54, 1.807) is 11.2 Å². The Morgan fingerprint density at radius 2 is 2.11 bits per heavy atom. The van der Waals surface area contributed by atoms with Gasteiger partial charge in [-0.05, 0) is 32.1 Å². The molecule has 2 heterocycles. The molecule has 1 N–H and O–H groups in total. The quantitative estimate of drug-likeness (QED) is 0.888. The number of H-pyrrole nitrogens is 1. The zero-order chi connectivity index (χ0) is 12.8.